The highest BCUT2D eigenvalue weighted by molar-refractivity contribution is 5.88. The van der Waals surface area contributed by atoms with Crippen molar-refractivity contribution in [3.8, 4) is 11.3 Å². The van der Waals surface area contributed by atoms with E-state index < -0.39 is 0 Å². The second-order valence-corrected chi connectivity index (χ2v) is 9.44. The highest BCUT2D eigenvalue weighted by Crippen LogP contribution is 2.33. The van der Waals surface area contributed by atoms with Crippen LogP contribution in [0.2, 0.25) is 0 Å². The number of allylic oxidation sites excluding steroid dienone is 1. The van der Waals surface area contributed by atoms with E-state index in [1.54, 1.807) is 12.3 Å². The predicted molar refractivity (Wildman–Crippen MR) is 130 cm³/mol. The zero-order valence-corrected chi connectivity index (χ0v) is 19.6. The lowest BCUT2D eigenvalue weighted by molar-refractivity contribution is -0.126. The van der Waals surface area contributed by atoms with Crippen molar-refractivity contribution in [1.29, 1.82) is 0 Å². The second-order valence-electron chi connectivity index (χ2n) is 9.44. The molecule has 7 nitrogen and oxygen atoms in total. The van der Waals surface area contributed by atoms with Gasteiger partial charge in [0.2, 0.25) is 11.9 Å². The minimum atomic E-state index is 0.0817. The molecule has 2 aromatic heterocycles. The quantitative estimate of drug-likeness (QED) is 0.556. The first-order valence-electron chi connectivity index (χ1n) is 12.1. The van der Waals surface area contributed by atoms with Crippen LogP contribution in [0.15, 0.2) is 48.2 Å². The standard InChI is InChI=1S/C26H32N6O/c1-19(2)18-24(33)30-14-16-31(17-15-30)26-28-25-27-13-12-23(32(25)29-26)22-10-8-21(9-11-22)20-6-4-3-5-7-20/h8-13,18,20H,3-7,14-17H2,1-2H3. The Kier molecular flexibility index (Phi) is 6.11. The maximum Gasteiger partial charge on any atom is 0.254 e. The molecule has 0 unspecified atom stereocenters. The van der Waals surface area contributed by atoms with Gasteiger partial charge in [-0.15, -0.1) is 5.10 Å². The third kappa shape index (κ3) is 4.63. The molecule has 0 bridgehead atoms. The number of amides is 1. The van der Waals surface area contributed by atoms with Gasteiger partial charge in [-0.2, -0.15) is 9.50 Å². The normalized spacial score (nSPS) is 17.4. The number of nitrogens with zero attached hydrogens (tertiary/aromatic N) is 6. The van der Waals surface area contributed by atoms with Crippen LogP contribution >= 0.6 is 0 Å². The number of anilines is 1. The van der Waals surface area contributed by atoms with E-state index in [1.165, 1.54) is 37.7 Å². The monoisotopic (exact) mass is 444 g/mol. The van der Waals surface area contributed by atoms with Crippen molar-refractivity contribution in [2.45, 2.75) is 51.9 Å². The number of rotatable bonds is 4. The summed E-state index contributed by atoms with van der Waals surface area (Å²) in [5, 5.41) is 4.80. The molecule has 1 amide bonds. The summed E-state index contributed by atoms with van der Waals surface area (Å²) < 4.78 is 1.84. The molecule has 33 heavy (non-hydrogen) atoms. The topological polar surface area (TPSA) is 66.6 Å². The number of benzene rings is 1. The van der Waals surface area contributed by atoms with Crippen LogP contribution in [0.1, 0.15) is 57.4 Å². The lowest BCUT2D eigenvalue weighted by Gasteiger charge is -2.33. The van der Waals surface area contributed by atoms with Crippen molar-refractivity contribution >= 4 is 17.6 Å². The van der Waals surface area contributed by atoms with Gasteiger partial charge in [0.25, 0.3) is 5.78 Å². The average Bonchev–Trinajstić information content (AvgIpc) is 3.29. The fourth-order valence-electron chi connectivity index (χ4n) is 4.96. The molecule has 1 aromatic carbocycles. The molecule has 7 heteroatoms. The Hall–Kier alpha value is -3.22. The number of carbonyl (C=O) groups is 1. The van der Waals surface area contributed by atoms with E-state index in [0.717, 1.165) is 16.8 Å². The van der Waals surface area contributed by atoms with Gasteiger partial charge >= 0.3 is 0 Å². The molecule has 3 heterocycles. The molecule has 1 aliphatic carbocycles. The lowest BCUT2D eigenvalue weighted by atomic mass is 9.84. The molecule has 0 N–H and O–H groups in total. The van der Waals surface area contributed by atoms with Crippen molar-refractivity contribution < 1.29 is 4.79 Å². The SMILES string of the molecule is CC(C)=CC(=O)N1CCN(c2nc3nccc(-c4ccc(C5CCCCC5)cc4)n3n2)CC1. The molecule has 1 saturated carbocycles. The van der Waals surface area contributed by atoms with Gasteiger partial charge in [-0.1, -0.05) is 49.1 Å². The Balaban J connectivity index is 1.34. The van der Waals surface area contributed by atoms with E-state index in [1.807, 2.05) is 29.3 Å². The Morgan fingerprint density at radius 3 is 2.39 bits per heavy atom. The Morgan fingerprint density at radius 1 is 0.970 bits per heavy atom. The zero-order chi connectivity index (χ0) is 22.8. The summed E-state index contributed by atoms with van der Waals surface area (Å²) in [6, 6.07) is 11.0. The van der Waals surface area contributed by atoms with Crippen LogP contribution in [-0.4, -0.2) is 56.6 Å². The summed E-state index contributed by atoms with van der Waals surface area (Å²) in [5.41, 5.74) is 4.58. The molecule has 0 radical (unpaired) electrons. The molecule has 2 fully saturated rings. The summed E-state index contributed by atoms with van der Waals surface area (Å²) in [6.45, 7) is 6.66. The number of fused-ring (bicyclic) bond motifs is 1. The van der Waals surface area contributed by atoms with E-state index in [0.29, 0.717) is 43.8 Å². The Morgan fingerprint density at radius 2 is 1.70 bits per heavy atom. The predicted octanol–water partition coefficient (Wildman–Crippen LogP) is 4.45. The lowest BCUT2D eigenvalue weighted by Crippen LogP contribution is -2.48. The van der Waals surface area contributed by atoms with Gasteiger partial charge < -0.3 is 9.80 Å². The average molecular weight is 445 g/mol. The van der Waals surface area contributed by atoms with Crippen LogP contribution in [0.5, 0.6) is 0 Å². The number of aromatic nitrogens is 4. The van der Waals surface area contributed by atoms with Crippen LogP contribution in [0.4, 0.5) is 5.95 Å². The summed E-state index contributed by atoms with van der Waals surface area (Å²) in [7, 11) is 0. The van der Waals surface area contributed by atoms with Crippen LogP contribution in [-0.2, 0) is 4.79 Å². The van der Waals surface area contributed by atoms with Gasteiger partial charge in [-0.25, -0.2) is 4.98 Å². The van der Waals surface area contributed by atoms with Gasteiger partial charge in [0, 0.05) is 44.0 Å². The summed E-state index contributed by atoms with van der Waals surface area (Å²) in [4.78, 5) is 25.4. The number of hydrogen-bond acceptors (Lipinski definition) is 5. The largest absolute Gasteiger partial charge is 0.336 e. The summed E-state index contributed by atoms with van der Waals surface area (Å²) >= 11 is 0. The highest BCUT2D eigenvalue weighted by Gasteiger charge is 2.23. The summed E-state index contributed by atoms with van der Waals surface area (Å²) in [5.74, 6) is 2.05. The Labute approximate surface area is 195 Å². The number of hydrogen-bond donors (Lipinski definition) is 0. The molecular weight excluding hydrogens is 412 g/mol. The van der Waals surface area contributed by atoms with Crippen LogP contribution in [0.25, 0.3) is 17.0 Å². The van der Waals surface area contributed by atoms with Gasteiger partial charge in [0.05, 0.1) is 5.69 Å². The minimum absolute atomic E-state index is 0.0817. The van der Waals surface area contributed by atoms with E-state index in [4.69, 9.17) is 5.10 Å². The van der Waals surface area contributed by atoms with Crippen molar-refractivity contribution in [2.24, 2.45) is 0 Å². The van der Waals surface area contributed by atoms with Crippen molar-refractivity contribution in [1.82, 2.24) is 24.5 Å². The number of carbonyl (C=O) groups excluding carboxylic acids is 1. The van der Waals surface area contributed by atoms with Gasteiger partial charge in [-0.3, -0.25) is 4.79 Å². The fraction of sp³-hybridized carbons (Fsp3) is 0.462. The van der Waals surface area contributed by atoms with Crippen LogP contribution in [0.3, 0.4) is 0 Å². The molecule has 3 aromatic rings. The molecule has 172 valence electrons. The molecule has 1 saturated heterocycles. The highest BCUT2D eigenvalue weighted by atomic mass is 16.2. The van der Waals surface area contributed by atoms with Crippen molar-refractivity contribution in [3.63, 3.8) is 0 Å². The zero-order valence-electron chi connectivity index (χ0n) is 19.6. The molecule has 0 spiro atoms. The van der Waals surface area contributed by atoms with Gasteiger partial charge in [0.15, 0.2) is 0 Å². The van der Waals surface area contributed by atoms with E-state index >= 15 is 0 Å². The first-order chi connectivity index (χ1) is 16.1. The van der Waals surface area contributed by atoms with Gasteiger partial charge in [0.1, 0.15) is 0 Å². The first kappa shape index (κ1) is 21.6. The molecular formula is C26H32N6O. The molecule has 5 rings (SSSR count). The maximum absolute atomic E-state index is 12.3. The van der Waals surface area contributed by atoms with Crippen LogP contribution in [0, 0.1) is 0 Å². The second kappa shape index (κ2) is 9.33. The third-order valence-electron chi connectivity index (χ3n) is 6.80. The maximum atomic E-state index is 12.3. The molecule has 2 aliphatic rings. The minimum Gasteiger partial charge on any atom is -0.336 e. The van der Waals surface area contributed by atoms with Crippen molar-refractivity contribution in [2.75, 3.05) is 31.1 Å². The molecule has 1 aliphatic heterocycles. The van der Waals surface area contributed by atoms with E-state index in [9.17, 15) is 4.79 Å². The molecule has 0 atom stereocenters. The first-order valence-corrected chi connectivity index (χ1v) is 12.1. The van der Waals surface area contributed by atoms with Gasteiger partial charge in [-0.05, 0) is 44.2 Å². The summed E-state index contributed by atoms with van der Waals surface area (Å²) in [6.07, 6.45) is 10.2. The van der Waals surface area contributed by atoms with Crippen LogP contribution < -0.4 is 4.90 Å². The van der Waals surface area contributed by atoms with E-state index in [-0.39, 0.29) is 5.91 Å². The fourth-order valence-corrected chi connectivity index (χ4v) is 4.96. The van der Waals surface area contributed by atoms with Crippen molar-refractivity contribution in [3.05, 3.63) is 53.7 Å². The number of piperazine rings is 1. The smallest absolute Gasteiger partial charge is 0.254 e. The third-order valence-corrected chi connectivity index (χ3v) is 6.80. The van der Waals surface area contributed by atoms with E-state index in [2.05, 4.69) is 39.1 Å². The Bertz CT molecular complexity index is 1150.